The van der Waals surface area contributed by atoms with Crippen LogP contribution in [0.4, 0.5) is 18.9 Å². The van der Waals surface area contributed by atoms with E-state index in [0.29, 0.717) is 29.2 Å². The van der Waals surface area contributed by atoms with Crippen LogP contribution in [0.25, 0.3) is 0 Å². The molecule has 5 rings (SSSR count). The van der Waals surface area contributed by atoms with E-state index in [-0.39, 0.29) is 37.2 Å². The van der Waals surface area contributed by atoms with Gasteiger partial charge in [0.25, 0.3) is 0 Å². The van der Waals surface area contributed by atoms with Gasteiger partial charge in [-0.15, -0.1) is 0 Å². The van der Waals surface area contributed by atoms with Crippen LogP contribution in [-0.2, 0) is 22.6 Å². The van der Waals surface area contributed by atoms with Crippen LogP contribution in [0, 0.1) is 23.4 Å². The number of nitrogens with zero attached hydrogens (tertiary/aromatic N) is 4. The molecule has 0 radical (unpaired) electrons. The summed E-state index contributed by atoms with van der Waals surface area (Å²) in [5.41, 5.74) is 0.811. The van der Waals surface area contributed by atoms with Crippen molar-refractivity contribution in [3.8, 4) is 11.5 Å². The minimum Gasteiger partial charge on any atom is -0.457 e. The highest BCUT2D eigenvalue weighted by atomic mass is 19.1. The summed E-state index contributed by atoms with van der Waals surface area (Å²) in [5, 5.41) is 6.79. The summed E-state index contributed by atoms with van der Waals surface area (Å²) in [6.45, 7) is 0.129. The van der Waals surface area contributed by atoms with Crippen LogP contribution in [0.2, 0.25) is 0 Å². The van der Waals surface area contributed by atoms with Crippen LogP contribution in [-0.4, -0.2) is 44.1 Å². The van der Waals surface area contributed by atoms with Gasteiger partial charge in [-0.05, 0) is 78.9 Å². The maximum absolute atomic E-state index is 14.3. The van der Waals surface area contributed by atoms with E-state index in [9.17, 15) is 22.8 Å². The summed E-state index contributed by atoms with van der Waals surface area (Å²) in [4.78, 5) is 31.7. The van der Waals surface area contributed by atoms with Gasteiger partial charge in [-0.25, -0.2) is 22.8 Å². The molecule has 1 aliphatic heterocycles. The van der Waals surface area contributed by atoms with Gasteiger partial charge in [-0.3, -0.25) is 9.59 Å². The Bertz CT molecular complexity index is 1450. The number of nitrogens with one attached hydrogen (secondary N) is 1. The van der Waals surface area contributed by atoms with Crippen molar-refractivity contribution >= 4 is 17.5 Å². The topological polar surface area (TPSA) is 89.4 Å². The number of halogens is 3. The number of hydrogen-bond donors (Lipinski definition) is 1. The number of carbonyl (C=O) groups excluding carboxylic acids is 2. The predicted octanol–water partition coefficient (Wildman–Crippen LogP) is 4.59. The summed E-state index contributed by atoms with van der Waals surface area (Å²) >= 11 is 0. The fraction of sp³-hybridized carbons (Fsp3) is 0.214. The lowest BCUT2D eigenvalue weighted by atomic mass is 9.96. The number of carbonyl (C=O) groups is 2. The molecule has 1 saturated heterocycles. The summed E-state index contributed by atoms with van der Waals surface area (Å²) in [6.07, 6.45) is 3.27. The Balaban J connectivity index is 1.28. The molecule has 2 amide bonds. The zero-order chi connectivity index (χ0) is 27.4. The molecule has 39 heavy (non-hydrogen) atoms. The van der Waals surface area contributed by atoms with Gasteiger partial charge in [-0.2, -0.15) is 5.10 Å². The van der Waals surface area contributed by atoms with Crippen molar-refractivity contribution in [1.82, 2.24) is 19.7 Å². The van der Waals surface area contributed by atoms with E-state index in [0.717, 1.165) is 6.07 Å². The van der Waals surface area contributed by atoms with Crippen molar-refractivity contribution in [2.75, 3.05) is 11.9 Å². The predicted molar refractivity (Wildman–Crippen MR) is 135 cm³/mol. The first-order valence-corrected chi connectivity index (χ1v) is 12.2. The third-order valence-corrected chi connectivity index (χ3v) is 6.47. The Kier molecular flexibility index (Phi) is 7.57. The summed E-state index contributed by atoms with van der Waals surface area (Å²) < 4.78 is 47.8. The van der Waals surface area contributed by atoms with Gasteiger partial charge in [0.05, 0.1) is 0 Å². The molecular formula is C28H24F3N5O3. The SMILES string of the molecule is O=C(Nc1ccc(Oc2ccc(F)cc2)cc1)C1CC(Cc2ccc(F)cc2F)CN1C(=O)Cn1cncn1. The average molecular weight is 536 g/mol. The fourth-order valence-corrected chi connectivity index (χ4v) is 4.61. The van der Waals surface area contributed by atoms with Crippen LogP contribution in [0.3, 0.4) is 0 Å². The van der Waals surface area contributed by atoms with Gasteiger partial charge in [0.15, 0.2) is 0 Å². The minimum absolute atomic E-state index is 0.100. The van der Waals surface area contributed by atoms with Crippen molar-refractivity contribution in [1.29, 1.82) is 0 Å². The van der Waals surface area contributed by atoms with Crippen LogP contribution >= 0.6 is 0 Å². The third-order valence-electron chi connectivity index (χ3n) is 6.47. The molecule has 0 spiro atoms. The number of amides is 2. The number of hydrogen-bond acceptors (Lipinski definition) is 5. The van der Waals surface area contributed by atoms with E-state index in [1.54, 1.807) is 24.3 Å². The third kappa shape index (κ3) is 6.43. The van der Waals surface area contributed by atoms with Crippen molar-refractivity contribution in [3.05, 3.63) is 102 Å². The van der Waals surface area contributed by atoms with E-state index in [4.69, 9.17) is 4.74 Å². The first kappa shape index (κ1) is 26.0. The number of anilines is 1. The van der Waals surface area contributed by atoms with Crippen LogP contribution < -0.4 is 10.1 Å². The van der Waals surface area contributed by atoms with E-state index in [1.807, 2.05) is 0 Å². The summed E-state index contributed by atoms with van der Waals surface area (Å²) in [5.74, 6) is -1.68. The van der Waals surface area contributed by atoms with Crippen LogP contribution in [0.5, 0.6) is 11.5 Å². The molecule has 8 nitrogen and oxygen atoms in total. The highest BCUT2D eigenvalue weighted by Gasteiger charge is 2.39. The van der Waals surface area contributed by atoms with Crippen LogP contribution in [0.15, 0.2) is 79.4 Å². The molecule has 3 aromatic carbocycles. The number of rotatable bonds is 8. The lowest BCUT2D eigenvalue weighted by molar-refractivity contribution is -0.137. The van der Waals surface area contributed by atoms with E-state index < -0.39 is 23.6 Å². The highest BCUT2D eigenvalue weighted by Crippen LogP contribution is 2.29. The molecular weight excluding hydrogens is 511 g/mol. The van der Waals surface area contributed by atoms with Crippen molar-refractivity contribution in [2.24, 2.45) is 5.92 Å². The van der Waals surface area contributed by atoms with Gasteiger partial charge in [-0.1, -0.05) is 6.07 Å². The molecule has 11 heteroatoms. The van der Waals surface area contributed by atoms with E-state index in [1.165, 1.54) is 58.6 Å². The van der Waals surface area contributed by atoms with Gasteiger partial charge < -0.3 is 15.0 Å². The number of benzene rings is 3. The Labute approximate surface area is 222 Å². The normalized spacial score (nSPS) is 16.7. The maximum atomic E-state index is 14.3. The first-order valence-electron chi connectivity index (χ1n) is 12.2. The molecule has 200 valence electrons. The largest absolute Gasteiger partial charge is 0.457 e. The molecule has 2 atom stereocenters. The van der Waals surface area contributed by atoms with Crippen molar-refractivity contribution in [2.45, 2.75) is 25.4 Å². The quantitative estimate of drug-likeness (QED) is 0.357. The summed E-state index contributed by atoms with van der Waals surface area (Å²) in [7, 11) is 0. The lowest BCUT2D eigenvalue weighted by Crippen LogP contribution is -2.44. The molecule has 1 aliphatic rings. The molecule has 1 N–H and O–H groups in total. The monoisotopic (exact) mass is 535 g/mol. The maximum Gasteiger partial charge on any atom is 0.247 e. The van der Waals surface area contributed by atoms with Gasteiger partial charge in [0.2, 0.25) is 11.8 Å². The molecule has 0 saturated carbocycles. The number of aromatic nitrogens is 3. The lowest BCUT2D eigenvalue weighted by Gasteiger charge is -2.24. The smallest absolute Gasteiger partial charge is 0.247 e. The molecule has 0 bridgehead atoms. The zero-order valence-electron chi connectivity index (χ0n) is 20.6. The Morgan fingerprint density at radius 2 is 1.64 bits per heavy atom. The standard InChI is InChI=1S/C28H24F3N5O3/c29-20-3-7-23(8-4-20)39-24-9-5-22(6-10-24)34-28(38)26-12-18(11-19-1-2-21(30)13-25(19)31)14-36(26)27(37)15-35-17-32-16-33-35/h1-10,13,16-18,26H,11-12,14-15H2,(H,34,38). The van der Waals surface area contributed by atoms with Crippen LogP contribution in [0.1, 0.15) is 12.0 Å². The Morgan fingerprint density at radius 1 is 0.949 bits per heavy atom. The summed E-state index contributed by atoms with van der Waals surface area (Å²) in [6, 6.07) is 14.8. The van der Waals surface area contributed by atoms with Gasteiger partial charge in [0, 0.05) is 18.3 Å². The van der Waals surface area contributed by atoms with Crippen molar-refractivity contribution < 1.29 is 27.5 Å². The number of likely N-dealkylation sites (tertiary alicyclic amines) is 1. The molecule has 1 aromatic heterocycles. The van der Waals surface area contributed by atoms with E-state index >= 15 is 0 Å². The van der Waals surface area contributed by atoms with Crippen molar-refractivity contribution in [3.63, 3.8) is 0 Å². The fourth-order valence-electron chi connectivity index (χ4n) is 4.61. The Morgan fingerprint density at radius 3 is 2.31 bits per heavy atom. The molecule has 4 aromatic rings. The number of ether oxygens (including phenoxy) is 1. The highest BCUT2D eigenvalue weighted by molar-refractivity contribution is 5.97. The van der Waals surface area contributed by atoms with Gasteiger partial charge >= 0.3 is 0 Å². The molecule has 1 fully saturated rings. The zero-order valence-corrected chi connectivity index (χ0v) is 20.6. The van der Waals surface area contributed by atoms with Gasteiger partial charge in [0.1, 0.15) is 54.2 Å². The second kappa shape index (κ2) is 11.4. The molecule has 2 heterocycles. The van der Waals surface area contributed by atoms with E-state index in [2.05, 4.69) is 15.4 Å². The molecule has 0 aliphatic carbocycles. The average Bonchev–Trinajstić information content (AvgIpc) is 3.58. The second-order valence-corrected chi connectivity index (χ2v) is 9.27. The molecule has 2 unspecified atom stereocenters. The second-order valence-electron chi connectivity index (χ2n) is 9.27. The minimum atomic E-state index is -0.801. The first-order chi connectivity index (χ1) is 18.8. The Hall–Kier alpha value is -4.67.